The fourth-order valence-corrected chi connectivity index (χ4v) is 2.31. The molecule has 5 atom stereocenters. The second kappa shape index (κ2) is 8.60. The number of carbonyl (C=O) groups is 4. The van der Waals surface area contributed by atoms with Gasteiger partial charge in [0.25, 0.3) is 0 Å². The third kappa shape index (κ3) is 5.78. The summed E-state index contributed by atoms with van der Waals surface area (Å²) in [6.45, 7) is 4.28. The number of rotatable bonds is 5. The molecule has 0 aromatic heterocycles. The number of nitrogens with one attached hydrogen (secondary N) is 1. The summed E-state index contributed by atoms with van der Waals surface area (Å²) in [6, 6.07) is -1.16. The van der Waals surface area contributed by atoms with Crippen molar-refractivity contribution < 1.29 is 43.2 Å². The first-order valence-corrected chi connectivity index (χ1v) is 7.20. The van der Waals surface area contributed by atoms with Gasteiger partial charge < -0.3 is 29.4 Å². The average molecular weight is 347 g/mol. The Morgan fingerprint density at radius 3 is 1.96 bits per heavy atom. The van der Waals surface area contributed by atoms with Crippen molar-refractivity contribution in [2.45, 2.75) is 58.3 Å². The van der Waals surface area contributed by atoms with Gasteiger partial charge >= 0.3 is 17.9 Å². The number of aliphatic hydroxyl groups is 1. The van der Waals surface area contributed by atoms with E-state index in [0.29, 0.717) is 0 Å². The Morgan fingerprint density at radius 2 is 1.50 bits per heavy atom. The van der Waals surface area contributed by atoms with Gasteiger partial charge in [0, 0.05) is 27.7 Å². The lowest BCUT2D eigenvalue weighted by molar-refractivity contribution is -0.264. The van der Waals surface area contributed by atoms with Crippen LogP contribution >= 0.6 is 0 Å². The van der Waals surface area contributed by atoms with Gasteiger partial charge in [0.15, 0.2) is 18.5 Å². The second-order valence-electron chi connectivity index (χ2n) is 5.24. The first-order chi connectivity index (χ1) is 11.1. The van der Waals surface area contributed by atoms with Crippen LogP contribution in [-0.2, 0) is 38.1 Å². The van der Waals surface area contributed by atoms with Gasteiger partial charge in [0.05, 0.1) is 0 Å². The van der Waals surface area contributed by atoms with Crippen molar-refractivity contribution >= 4 is 23.8 Å². The maximum absolute atomic E-state index is 11.4. The Hall–Kier alpha value is -2.20. The minimum absolute atomic E-state index is 0.338. The monoisotopic (exact) mass is 347 g/mol. The Bertz CT molecular complexity index is 506. The minimum atomic E-state index is -1.56. The van der Waals surface area contributed by atoms with E-state index in [0.717, 1.165) is 13.8 Å². The lowest BCUT2D eigenvalue weighted by atomic mass is 9.96. The van der Waals surface area contributed by atoms with E-state index >= 15 is 0 Å². The highest BCUT2D eigenvalue weighted by Crippen LogP contribution is 2.26. The highest BCUT2D eigenvalue weighted by molar-refractivity contribution is 5.73. The highest BCUT2D eigenvalue weighted by Gasteiger charge is 2.50. The topological polar surface area (TPSA) is 137 Å². The van der Waals surface area contributed by atoms with Crippen LogP contribution in [-0.4, -0.2) is 66.2 Å². The number of hydrogen-bond donors (Lipinski definition) is 2. The van der Waals surface area contributed by atoms with Crippen LogP contribution in [0.5, 0.6) is 0 Å². The van der Waals surface area contributed by atoms with Crippen LogP contribution in [0.15, 0.2) is 0 Å². The Balaban J connectivity index is 3.11. The fraction of sp³-hybridized carbons (Fsp3) is 0.714. The van der Waals surface area contributed by atoms with E-state index in [-0.39, 0.29) is 6.61 Å². The molecule has 10 nitrogen and oxygen atoms in total. The van der Waals surface area contributed by atoms with Crippen LogP contribution in [0.25, 0.3) is 0 Å². The van der Waals surface area contributed by atoms with Gasteiger partial charge in [0.1, 0.15) is 18.8 Å². The smallest absolute Gasteiger partial charge is 0.303 e. The number of ether oxygens (including phenoxy) is 4. The molecule has 24 heavy (non-hydrogen) atoms. The molecule has 1 heterocycles. The SMILES string of the molecule is CC(=O)N[C@@H]1C(O)O[C@H](COC(C)=O)[C@@H](OC(C)=O)[C@@H]1OC(C)=O. The van der Waals surface area contributed by atoms with E-state index in [4.69, 9.17) is 18.9 Å². The normalized spacial score (nSPS) is 29.3. The summed E-state index contributed by atoms with van der Waals surface area (Å²) in [4.78, 5) is 45.0. The Morgan fingerprint density at radius 1 is 0.958 bits per heavy atom. The lowest BCUT2D eigenvalue weighted by Gasteiger charge is -2.43. The second-order valence-corrected chi connectivity index (χ2v) is 5.24. The van der Waals surface area contributed by atoms with Gasteiger partial charge in [-0.3, -0.25) is 19.2 Å². The molecule has 1 aliphatic heterocycles. The molecule has 1 amide bonds. The molecule has 136 valence electrons. The Kier molecular flexibility index (Phi) is 7.11. The van der Waals surface area contributed by atoms with Gasteiger partial charge in [-0.05, 0) is 0 Å². The van der Waals surface area contributed by atoms with E-state index in [1.807, 2.05) is 0 Å². The molecule has 0 saturated carbocycles. The van der Waals surface area contributed by atoms with Gasteiger partial charge in [-0.2, -0.15) is 0 Å². The van der Waals surface area contributed by atoms with Crippen molar-refractivity contribution in [3.8, 4) is 0 Å². The fourth-order valence-electron chi connectivity index (χ4n) is 2.31. The number of hydrogen-bond acceptors (Lipinski definition) is 9. The quantitative estimate of drug-likeness (QED) is 0.456. The van der Waals surface area contributed by atoms with Gasteiger partial charge in [-0.25, -0.2) is 0 Å². The number of amides is 1. The van der Waals surface area contributed by atoms with E-state index < -0.39 is 54.5 Å². The summed E-state index contributed by atoms with van der Waals surface area (Å²) in [5.41, 5.74) is 0. The molecule has 1 unspecified atom stereocenters. The van der Waals surface area contributed by atoms with Crippen molar-refractivity contribution in [1.29, 1.82) is 0 Å². The van der Waals surface area contributed by atoms with Crippen molar-refractivity contribution in [2.24, 2.45) is 0 Å². The van der Waals surface area contributed by atoms with Crippen molar-refractivity contribution in [3.05, 3.63) is 0 Å². The van der Waals surface area contributed by atoms with E-state index in [1.165, 1.54) is 13.8 Å². The summed E-state index contributed by atoms with van der Waals surface area (Å²) in [7, 11) is 0. The van der Waals surface area contributed by atoms with Crippen LogP contribution in [0.4, 0.5) is 0 Å². The zero-order valence-electron chi connectivity index (χ0n) is 13.8. The average Bonchev–Trinajstić information content (AvgIpc) is 2.42. The van der Waals surface area contributed by atoms with Crippen LogP contribution in [0.3, 0.4) is 0 Å². The largest absolute Gasteiger partial charge is 0.463 e. The molecule has 10 heteroatoms. The molecule has 0 aliphatic carbocycles. The predicted octanol–water partition coefficient (Wildman–Crippen LogP) is -1.37. The van der Waals surface area contributed by atoms with Crippen LogP contribution in [0.1, 0.15) is 27.7 Å². The van der Waals surface area contributed by atoms with Gasteiger partial charge in [-0.15, -0.1) is 0 Å². The van der Waals surface area contributed by atoms with E-state index in [2.05, 4.69) is 5.32 Å². The van der Waals surface area contributed by atoms with E-state index in [1.54, 1.807) is 0 Å². The molecular weight excluding hydrogens is 326 g/mol. The zero-order valence-corrected chi connectivity index (χ0v) is 13.8. The predicted molar refractivity (Wildman–Crippen MR) is 76.2 cm³/mol. The van der Waals surface area contributed by atoms with Crippen molar-refractivity contribution in [2.75, 3.05) is 6.61 Å². The van der Waals surface area contributed by atoms with Gasteiger partial charge in [-0.1, -0.05) is 0 Å². The zero-order chi connectivity index (χ0) is 18.4. The molecule has 1 fully saturated rings. The molecule has 0 spiro atoms. The summed E-state index contributed by atoms with van der Waals surface area (Å²) in [5.74, 6) is -2.54. The Labute approximate surface area is 138 Å². The van der Waals surface area contributed by atoms with Crippen LogP contribution in [0, 0.1) is 0 Å². The minimum Gasteiger partial charge on any atom is -0.463 e. The lowest BCUT2D eigenvalue weighted by Crippen LogP contribution is -2.66. The molecular formula is C14H21NO9. The maximum Gasteiger partial charge on any atom is 0.303 e. The van der Waals surface area contributed by atoms with Crippen molar-refractivity contribution in [3.63, 3.8) is 0 Å². The summed E-state index contributed by atoms with van der Waals surface area (Å²) < 4.78 is 20.3. The molecule has 0 aromatic rings. The summed E-state index contributed by atoms with van der Waals surface area (Å²) >= 11 is 0. The number of aliphatic hydroxyl groups excluding tert-OH is 1. The highest BCUT2D eigenvalue weighted by atomic mass is 16.7. The maximum atomic E-state index is 11.4. The van der Waals surface area contributed by atoms with Crippen molar-refractivity contribution in [1.82, 2.24) is 5.32 Å². The third-order valence-corrected chi connectivity index (χ3v) is 3.09. The molecule has 1 rings (SSSR count). The first-order valence-electron chi connectivity index (χ1n) is 7.20. The number of esters is 3. The van der Waals surface area contributed by atoms with Crippen LogP contribution < -0.4 is 5.32 Å². The standard InChI is InChI=1S/C14H21NO9/c1-6(16)15-11-13(23-9(4)19)12(22-8(3)18)10(24-14(11)20)5-21-7(2)17/h10-14,20H,5H2,1-4H3,(H,15,16)/t10-,11+,12-,13-,14?/m1/s1. The van der Waals surface area contributed by atoms with Gasteiger partial charge in [0.2, 0.25) is 5.91 Å². The summed E-state index contributed by atoms with van der Waals surface area (Å²) in [6.07, 6.45) is -5.06. The summed E-state index contributed by atoms with van der Waals surface area (Å²) in [5, 5.41) is 12.5. The number of carbonyl (C=O) groups excluding carboxylic acids is 4. The molecule has 0 aromatic carbocycles. The molecule has 0 bridgehead atoms. The van der Waals surface area contributed by atoms with E-state index in [9.17, 15) is 24.3 Å². The molecule has 2 N–H and O–H groups in total. The molecule has 1 saturated heterocycles. The molecule has 1 aliphatic rings. The van der Waals surface area contributed by atoms with Crippen LogP contribution in [0.2, 0.25) is 0 Å². The first kappa shape index (κ1) is 19.8. The molecule has 0 radical (unpaired) electrons. The third-order valence-electron chi connectivity index (χ3n) is 3.09.